The van der Waals surface area contributed by atoms with Gasteiger partial charge in [-0.1, -0.05) is 37.6 Å². The van der Waals surface area contributed by atoms with E-state index >= 15 is 0 Å². The largest absolute Gasteiger partial charge is 0.481 e. The van der Waals surface area contributed by atoms with Gasteiger partial charge in [-0.25, -0.2) is 0 Å². The van der Waals surface area contributed by atoms with Crippen LogP contribution in [0.15, 0.2) is 18.2 Å². The van der Waals surface area contributed by atoms with Crippen molar-refractivity contribution in [3.05, 3.63) is 34.3 Å². The van der Waals surface area contributed by atoms with Crippen LogP contribution >= 0.6 is 11.6 Å². The van der Waals surface area contributed by atoms with Crippen molar-refractivity contribution >= 4 is 17.6 Å². The number of hydrogen-bond donors (Lipinski definition) is 1. The summed E-state index contributed by atoms with van der Waals surface area (Å²) in [7, 11) is 0. The molecule has 0 radical (unpaired) electrons. The molecule has 0 fully saturated rings. The summed E-state index contributed by atoms with van der Waals surface area (Å²) in [6.07, 6.45) is 0.0259. The van der Waals surface area contributed by atoms with Crippen molar-refractivity contribution in [2.45, 2.75) is 26.2 Å². The number of aliphatic carboxylic acids is 1. The van der Waals surface area contributed by atoms with E-state index < -0.39 is 5.97 Å². The minimum absolute atomic E-state index is 0.0259. The van der Waals surface area contributed by atoms with Gasteiger partial charge < -0.3 is 5.11 Å². The van der Waals surface area contributed by atoms with Crippen molar-refractivity contribution in [2.24, 2.45) is 0 Å². The molecule has 1 aromatic rings. The third kappa shape index (κ3) is 2.74. The van der Waals surface area contributed by atoms with Gasteiger partial charge in [0.25, 0.3) is 0 Å². The molecule has 1 rings (SSSR count). The fraction of sp³-hybridized carbons (Fsp3) is 0.364. The van der Waals surface area contributed by atoms with Gasteiger partial charge in [-0.05, 0) is 23.1 Å². The Morgan fingerprint density at radius 2 is 2.14 bits per heavy atom. The highest BCUT2D eigenvalue weighted by Crippen LogP contribution is 2.25. The number of carbonyl (C=O) groups is 1. The zero-order valence-corrected chi connectivity index (χ0v) is 9.01. The molecule has 0 unspecified atom stereocenters. The second-order valence-corrected chi connectivity index (χ2v) is 3.99. The first-order chi connectivity index (χ1) is 6.50. The third-order valence-electron chi connectivity index (χ3n) is 2.04. The minimum Gasteiger partial charge on any atom is -0.481 e. The zero-order valence-electron chi connectivity index (χ0n) is 8.25. The van der Waals surface area contributed by atoms with Crippen molar-refractivity contribution in [1.82, 2.24) is 0 Å². The smallest absolute Gasteiger partial charge is 0.307 e. The molecule has 0 heterocycles. The Hall–Kier alpha value is -1.02. The van der Waals surface area contributed by atoms with Crippen molar-refractivity contribution in [2.75, 3.05) is 0 Å². The lowest BCUT2D eigenvalue weighted by Crippen LogP contribution is -2.00. The fourth-order valence-corrected chi connectivity index (χ4v) is 1.74. The van der Waals surface area contributed by atoms with Crippen molar-refractivity contribution in [1.29, 1.82) is 0 Å². The van der Waals surface area contributed by atoms with Crippen LogP contribution in [0.4, 0.5) is 0 Å². The summed E-state index contributed by atoms with van der Waals surface area (Å²) in [6, 6.07) is 5.44. The molecule has 3 heteroatoms. The number of benzene rings is 1. The van der Waals surface area contributed by atoms with Crippen LogP contribution in [0.25, 0.3) is 0 Å². The van der Waals surface area contributed by atoms with E-state index in [0.29, 0.717) is 10.9 Å². The second-order valence-electron chi connectivity index (χ2n) is 3.58. The van der Waals surface area contributed by atoms with Crippen LogP contribution in [0.3, 0.4) is 0 Å². The van der Waals surface area contributed by atoms with Gasteiger partial charge in [0.05, 0.1) is 6.42 Å². The number of rotatable bonds is 3. The molecule has 0 aliphatic heterocycles. The normalized spacial score (nSPS) is 10.6. The van der Waals surface area contributed by atoms with E-state index in [4.69, 9.17) is 16.7 Å². The molecule has 0 atom stereocenters. The SMILES string of the molecule is CC(C)c1ccc(CC(=O)O)cc1Cl. The lowest BCUT2D eigenvalue weighted by molar-refractivity contribution is -0.136. The van der Waals surface area contributed by atoms with E-state index in [1.54, 1.807) is 6.07 Å². The van der Waals surface area contributed by atoms with Crippen LogP contribution in [0.5, 0.6) is 0 Å². The molecule has 0 saturated carbocycles. The number of hydrogen-bond acceptors (Lipinski definition) is 1. The maximum absolute atomic E-state index is 10.5. The molecule has 0 saturated heterocycles. The molecule has 2 nitrogen and oxygen atoms in total. The lowest BCUT2D eigenvalue weighted by Gasteiger charge is -2.08. The summed E-state index contributed by atoms with van der Waals surface area (Å²) >= 11 is 6.01. The molecular formula is C11H13ClO2. The second kappa shape index (κ2) is 4.47. The van der Waals surface area contributed by atoms with E-state index in [2.05, 4.69) is 13.8 Å². The highest BCUT2D eigenvalue weighted by atomic mass is 35.5. The predicted molar refractivity (Wildman–Crippen MR) is 56.9 cm³/mol. The van der Waals surface area contributed by atoms with Crippen LogP contribution in [0, 0.1) is 0 Å². The summed E-state index contributed by atoms with van der Waals surface area (Å²) in [4.78, 5) is 10.5. The molecular weight excluding hydrogens is 200 g/mol. The first-order valence-corrected chi connectivity index (χ1v) is 4.88. The van der Waals surface area contributed by atoms with E-state index in [-0.39, 0.29) is 6.42 Å². The summed E-state index contributed by atoms with van der Waals surface area (Å²) in [5, 5.41) is 9.24. The highest BCUT2D eigenvalue weighted by Gasteiger charge is 2.07. The molecule has 0 aliphatic rings. The van der Waals surface area contributed by atoms with Crippen LogP contribution < -0.4 is 0 Å². The van der Waals surface area contributed by atoms with E-state index in [1.807, 2.05) is 12.1 Å². The molecule has 76 valence electrons. The van der Waals surface area contributed by atoms with Crippen molar-refractivity contribution < 1.29 is 9.90 Å². The molecule has 0 amide bonds. The van der Waals surface area contributed by atoms with Crippen molar-refractivity contribution in [3.8, 4) is 0 Å². The molecule has 0 spiro atoms. The van der Waals surface area contributed by atoms with E-state index in [1.165, 1.54) is 0 Å². The number of carboxylic acids is 1. The van der Waals surface area contributed by atoms with Gasteiger partial charge in [-0.15, -0.1) is 0 Å². The van der Waals surface area contributed by atoms with Gasteiger partial charge in [0.1, 0.15) is 0 Å². The van der Waals surface area contributed by atoms with Gasteiger partial charge in [0, 0.05) is 5.02 Å². The Labute approximate surface area is 88.5 Å². The quantitative estimate of drug-likeness (QED) is 0.836. The Morgan fingerprint density at radius 3 is 2.57 bits per heavy atom. The molecule has 14 heavy (non-hydrogen) atoms. The maximum Gasteiger partial charge on any atom is 0.307 e. The Bertz CT molecular complexity index is 345. The average Bonchev–Trinajstić information content (AvgIpc) is 2.01. The first kappa shape index (κ1) is 11.1. The van der Waals surface area contributed by atoms with Gasteiger partial charge in [0.2, 0.25) is 0 Å². The lowest BCUT2D eigenvalue weighted by atomic mass is 10.0. The molecule has 1 N–H and O–H groups in total. The first-order valence-electron chi connectivity index (χ1n) is 4.51. The van der Waals surface area contributed by atoms with Crippen LogP contribution in [-0.2, 0) is 11.2 Å². The van der Waals surface area contributed by atoms with Crippen molar-refractivity contribution in [3.63, 3.8) is 0 Å². The van der Waals surface area contributed by atoms with Gasteiger partial charge in [0.15, 0.2) is 0 Å². The monoisotopic (exact) mass is 212 g/mol. The summed E-state index contributed by atoms with van der Waals surface area (Å²) in [5.74, 6) is -0.472. The average molecular weight is 213 g/mol. The third-order valence-corrected chi connectivity index (χ3v) is 2.37. The van der Waals surface area contributed by atoms with Gasteiger partial charge in [-0.3, -0.25) is 4.79 Å². The molecule has 0 aromatic heterocycles. The zero-order chi connectivity index (χ0) is 10.7. The minimum atomic E-state index is -0.835. The molecule has 1 aromatic carbocycles. The number of halogens is 1. The fourth-order valence-electron chi connectivity index (χ4n) is 1.32. The van der Waals surface area contributed by atoms with Crippen LogP contribution in [0.1, 0.15) is 30.9 Å². The predicted octanol–water partition coefficient (Wildman–Crippen LogP) is 3.09. The summed E-state index contributed by atoms with van der Waals surface area (Å²) in [5.41, 5.74) is 1.80. The summed E-state index contributed by atoms with van der Waals surface area (Å²) < 4.78 is 0. The topological polar surface area (TPSA) is 37.3 Å². The van der Waals surface area contributed by atoms with E-state index in [9.17, 15) is 4.79 Å². The summed E-state index contributed by atoms with van der Waals surface area (Å²) in [6.45, 7) is 4.11. The molecule has 0 bridgehead atoms. The van der Waals surface area contributed by atoms with Crippen LogP contribution in [0.2, 0.25) is 5.02 Å². The van der Waals surface area contributed by atoms with Gasteiger partial charge in [-0.2, -0.15) is 0 Å². The number of carboxylic acid groups (broad SMARTS) is 1. The van der Waals surface area contributed by atoms with E-state index in [0.717, 1.165) is 11.1 Å². The Morgan fingerprint density at radius 1 is 1.50 bits per heavy atom. The Kier molecular flexibility index (Phi) is 3.53. The molecule has 0 aliphatic carbocycles. The Balaban J connectivity index is 2.94. The van der Waals surface area contributed by atoms with Crippen LogP contribution in [-0.4, -0.2) is 11.1 Å². The van der Waals surface area contributed by atoms with Gasteiger partial charge >= 0.3 is 5.97 Å². The maximum atomic E-state index is 10.5. The highest BCUT2D eigenvalue weighted by molar-refractivity contribution is 6.31. The standard InChI is InChI=1S/C11H13ClO2/c1-7(2)9-4-3-8(5-10(9)12)6-11(13)14/h3-5,7H,6H2,1-2H3,(H,13,14).